The van der Waals surface area contributed by atoms with Crippen LogP contribution in [0.5, 0.6) is 0 Å². The molecule has 0 unspecified atom stereocenters. The van der Waals surface area contributed by atoms with Crippen LogP contribution in [0.4, 0.5) is 5.69 Å². The summed E-state index contributed by atoms with van der Waals surface area (Å²) in [5, 5.41) is 31.1. The lowest BCUT2D eigenvalue weighted by atomic mass is 9.83. The lowest BCUT2D eigenvalue weighted by Crippen LogP contribution is -2.61. The Morgan fingerprint density at radius 1 is 1.40 bits per heavy atom. The second kappa shape index (κ2) is 8.67. The number of aliphatic hydroxyl groups is 1. The summed E-state index contributed by atoms with van der Waals surface area (Å²) in [5.74, 6) is -2.97. The van der Waals surface area contributed by atoms with Gasteiger partial charge in [0.2, 0.25) is 5.91 Å². The predicted molar refractivity (Wildman–Crippen MR) is 105 cm³/mol. The average molecular weight is 434 g/mol. The van der Waals surface area contributed by atoms with Crippen LogP contribution < -0.4 is 0 Å². The van der Waals surface area contributed by atoms with E-state index in [9.17, 15) is 34.7 Å². The number of hydrogen-bond acceptors (Lipinski definition) is 8. The minimum Gasteiger partial charge on any atom is -0.477 e. The number of carboxylic acid groups (broad SMARTS) is 1. The SMILES string of the molecule is C[C@H](O)[C@@H]1C(=O)N2C(C(=O)O)=C(SC=CC(=O)OCc3ccc([N+](=O)[O-])cc3)C[C@H]12. The van der Waals surface area contributed by atoms with Crippen LogP contribution in [-0.4, -0.2) is 50.0 Å². The van der Waals surface area contributed by atoms with Crippen molar-refractivity contribution in [1.29, 1.82) is 0 Å². The van der Waals surface area contributed by atoms with Crippen molar-refractivity contribution in [1.82, 2.24) is 4.90 Å². The van der Waals surface area contributed by atoms with Crippen molar-refractivity contribution in [2.24, 2.45) is 5.92 Å². The molecule has 0 radical (unpaired) electrons. The van der Waals surface area contributed by atoms with E-state index in [0.29, 0.717) is 10.5 Å². The predicted octanol–water partition coefficient (Wildman–Crippen LogP) is 1.79. The van der Waals surface area contributed by atoms with Gasteiger partial charge in [0.1, 0.15) is 12.3 Å². The third kappa shape index (κ3) is 4.21. The largest absolute Gasteiger partial charge is 0.477 e. The number of non-ortho nitro benzene ring substituents is 1. The quantitative estimate of drug-likeness (QED) is 0.205. The molecular weight excluding hydrogens is 416 g/mol. The van der Waals surface area contributed by atoms with Crippen molar-refractivity contribution in [3.8, 4) is 0 Å². The zero-order valence-electron chi connectivity index (χ0n) is 15.8. The van der Waals surface area contributed by atoms with E-state index >= 15 is 0 Å². The number of thioether (sulfide) groups is 1. The molecule has 2 aliphatic heterocycles. The van der Waals surface area contributed by atoms with Crippen LogP contribution in [0.1, 0.15) is 18.9 Å². The van der Waals surface area contributed by atoms with Gasteiger partial charge in [-0.15, -0.1) is 0 Å². The lowest BCUT2D eigenvalue weighted by Gasteiger charge is -2.44. The Morgan fingerprint density at radius 3 is 2.63 bits per heavy atom. The van der Waals surface area contributed by atoms with Gasteiger partial charge in [0.15, 0.2) is 0 Å². The molecule has 1 amide bonds. The van der Waals surface area contributed by atoms with Crippen molar-refractivity contribution in [2.45, 2.75) is 32.1 Å². The Hall–Kier alpha value is -3.18. The highest BCUT2D eigenvalue weighted by Crippen LogP contribution is 2.47. The first kappa shape index (κ1) is 21.5. The van der Waals surface area contributed by atoms with Crippen LogP contribution in [0, 0.1) is 16.0 Å². The van der Waals surface area contributed by atoms with Crippen molar-refractivity contribution in [2.75, 3.05) is 0 Å². The number of carbonyl (C=O) groups excluding carboxylic acids is 2. The van der Waals surface area contributed by atoms with Gasteiger partial charge >= 0.3 is 11.9 Å². The molecule has 30 heavy (non-hydrogen) atoms. The lowest BCUT2D eigenvalue weighted by molar-refractivity contribution is -0.384. The Kier molecular flexibility index (Phi) is 6.22. The fourth-order valence-corrected chi connectivity index (χ4v) is 4.33. The highest BCUT2D eigenvalue weighted by atomic mass is 32.2. The van der Waals surface area contributed by atoms with Gasteiger partial charge in [-0.3, -0.25) is 14.9 Å². The summed E-state index contributed by atoms with van der Waals surface area (Å²) >= 11 is 1.01. The average Bonchev–Trinajstić information content (AvgIpc) is 3.00. The number of nitrogens with zero attached hydrogens (tertiary/aromatic N) is 2. The Morgan fingerprint density at radius 2 is 2.07 bits per heavy atom. The molecule has 2 N–H and O–H groups in total. The van der Waals surface area contributed by atoms with Crippen LogP contribution in [0.3, 0.4) is 0 Å². The number of benzene rings is 1. The summed E-state index contributed by atoms with van der Waals surface area (Å²) < 4.78 is 5.05. The van der Waals surface area contributed by atoms with Crippen LogP contribution in [-0.2, 0) is 25.7 Å². The van der Waals surface area contributed by atoms with E-state index in [0.717, 1.165) is 17.8 Å². The molecule has 11 heteroatoms. The van der Waals surface area contributed by atoms with E-state index in [4.69, 9.17) is 4.74 Å². The monoisotopic (exact) mass is 434 g/mol. The van der Waals surface area contributed by atoms with Gasteiger partial charge in [0.05, 0.1) is 23.0 Å². The van der Waals surface area contributed by atoms with Gasteiger partial charge in [-0.2, -0.15) is 0 Å². The third-order valence-electron chi connectivity index (χ3n) is 4.83. The first-order valence-corrected chi connectivity index (χ1v) is 9.79. The maximum atomic E-state index is 12.1. The summed E-state index contributed by atoms with van der Waals surface area (Å²) in [7, 11) is 0. The molecule has 158 valence electrons. The van der Waals surface area contributed by atoms with Crippen molar-refractivity contribution < 1.29 is 34.3 Å². The Labute approximate surface area is 175 Å². The first-order valence-electron chi connectivity index (χ1n) is 8.91. The summed E-state index contributed by atoms with van der Waals surface area (Å²) in [6, 6.07) is 5.17. The fourth-order valence-electron chi connectivity index (χ4n) is 3.42. The summed E-state index contributed by atoms with van der Waals surface area (Å²) in [6.45, 7) is 1.42. The Bertz CT molecular complexity index is 954. The molecule has 1 aromatic rings. The molecule has 2 aliphatic rings. The van der Waals surface area contributed by atoms with Gasteiger partial charge in [0, 0.05) is 29.5 Å². The Balaban J connectivity index is 1.56. The van der Waals surface area contributed by atoms with Gasteiger partial charge in [-0.1, -0.05) is 11.8 Å². The number of amides is 1. The van der Waals surface area contributed by atoms with E-state index in [1.165, 1.54) is 41.5 Å². The molecule has 0 aliphatic carbocycles. The number of rotatable bonds is 8. The minimum absolute atomic E-state index is 0.0681. The number of carbonyl (C=O) groups is 3. The minimum atomic E-state index is -1.24. The van der Waals surface area contributed by atoms with E-state index in [1.54, 1.807) is 0 Å². The molecule has 1 aromatic carbocycles. The summed E-state index contributed by atoms with van der Waals surface area (Å²) in [6.07, 6.45) is 0.546. The van der Waals surface area contributed by atoms with Crippen molar-refractivity contribution in [3.63, 3.8) is 0 Å². The highest BCUT2D eigenvalue weighted by Gasteiger charge is 2.56. The maximum Gasteiger partial charge on any atom is 0.353 e. The van der Waals surface area contributed by atoms with Crippen molar-refractivity contribution >= 4 is 35.3 Å². The number of aliphatic hydroxyl groups excluding tert-OH is 1. The second-order valence-electron chi connectivity index (χ2n) is 6.77. The number of nitro groups is 1. The van der Waals surface area contributed by atoms with Gasteiger partial charge in [0.25, 0.3) is 5.69 Å². The smallest absolute Gasteiger partial charge is 0.353 e. The second-order valence-corrected chi connectivity index (χ2v) is 7.78. The molecule has 1 fully saturated rings. The number of carboxylic acids is 1. The number of esters is 1. The topological polar surface area (TPSA) is 147 Å². The molecule has 2 heterocycles. The molecule has 3 rings (SSSR count). The van der Waals surface area contributed by atoms with Gasteiger partial charge < -0.3 is 19.8 Å². The van der Waals surface area contributed by atoms with E-state index in [2.05, 4.69) is 0 Å². The zero-order valence-corrected chi connectivity index (χ0v) is 16.6. The maximum absolute atomic E-state index is 12.1. The molecule has 0 spiro atoms. The fraction of sp³-hybridized carbons (Fsp3) is 0.316. The number of ether oxygens (including phenoxy) is 1. The number of aliphatic carboxylic acids is 1. The van der Waals surface area contributed by atoms with Gasteiger partial charge in [-0.25, -0.2) is 9.59 Å². The van der Waals surface area contributed by atoms with Crippen LogP contribution in [0.25, 0.3) is 0 Å². The molecular formula is C19H18N2O8S. The number of hydrogen-bond donors (Lipinski definition) is 2. The number of nitro benzene ring substituents is 1. The molecule has 1 saturated heterocycles. The van der Waals surface area contributed by atoms with Crippen LogP contribution >= 0.6 is 11.8 Å². The normalized spacial score (nSPS) is 21.4. The molecule has 0 bridgehead atoms. The molecule has 0 saturated carbocycles. The molecule has 10 nitrogen and oxygen atoms in total. The zero-order chi connectivity index (χ0) is 22.0. The molecule has 3 atom stereocenters. The standard InChI is InChI=1S/C19H18N2O8S/c1-10(22)16-13-8-14(17(19(25)26)20(13)18(16)24)30-7-6-15(23)29-9-11-2-4-12(5-3-11)21(27)28/h2-7,10,13,16,22H,8-9H2,1H3,(H,25,26)/t10-,13+,16-/m0/s1. The van der Waals surface area contributed by atoms with Crippen LogP contribution in [0.2, 0.25) is 0 Å². The summed E-state index contributed by atoms with van der Waals surface area (Å²) in [5.41, 5.74) is 0.381. The molecule has 0 aromatic heterocycles. The third-order valence-corrected chi connectivity index (χ3v) is 5.75. The van der Waals surface area contributed by atoms with Crippen molar-refractivity contribution in [3.05, 3.63) is 62.0 Å². The van der Waals surface area contributed by atoms with Crippen LogP contribution in [0.15, 0.2) is 46.4 Å². The highest BCUT2D eigenvalue weighted by molar-refractivity contribution is 8.05. The first-order chi connectivity index (χ1) is 14.2. The number of fused-ring (bicyclic) bond motifs is 1. The number of β-lactam (4-membered cyclic amide) rings is 1. The van der Waals surface area contributed by atoms with E-state index in [1.807, 2.05) is 0 Å². The summed E-state index contributed by atoms with van der Waals surface area (Å²) in [4.78, 5) is 47.2. The van der Waals surface area contributed by atoms with E-state index < -0.39 is 40.8 Å². The van der Waals surface area contributed by atoms with Gasteiger partial charge in [-0.05, 0) is 30.0 Å². The van der Waals surface area contributed by atoms with E-state index in [-0.39, 0.29) is 24.4 Å².